The van der Waals surface area contributed by atoms with Crippen LogP contribution >= 0.6 is 0 Å². The van der Waals surface area contributed by atoms with Crippen molar-refractivity contribution in [1.82, 2.24) is 0 Å². The Morgan fingerprint density at radius 1 is 1.31 bits per heavy atom. The lowest BCUT2D eigenvalue weighted by Crippen LogP contribution is -1.72. The lowest BCUT2D eigenvalue weighted by atomic mass is 10.1. The van der Waals surface area contributed by atoms with Crippen molar-refractivity contribution in [2.45, 2.75) is 19.8 Å². The molecule has 1 aliphatic rings. The molecule has 0 atom stereocenters. The standard InChI is InChI=1S/C13H16/c1-2-3-4-7-10-13-11-8-5-6-9-12-13/h2-5,7-9,11-12H,6,10H2,1H3/b3-2-,7-4-. The van der Waals surface area contributed by atoms with Crippen LogP contribution in [-0.2, 0) is 0 Å². The Morgan fingerprint density at radius 2 is 2.23 bits per heavy atom. The minimum atomic E-state index is 1.02. The summed E-state index contributed by atoms with van der Waals surface area (Å²) in [6, 6.07) is 0. The molecule has 1 rings (SSSR count). The van der Waals surface area contributed by atoms with Crippen LogP contribution in [0.25, 0.3) is 0 Å². The van der Waals surface area contributed by atoms with Crippen LogP contribution in [0.4, 0.5) is 0 Å². The van der Waals surface area contributed by atoms with Gasteiger partial charge in [-0.2, -0.15) is 0 Å². The number of allylic oxidation sites excluding steroid dienone is 10. The predicted octanol–water partition coefficient (Wildman–Crippen LogP) is 3.95. The molecule has 1 aliphatic carbocycles. The Bertz CT molecular complexity index is 272. The molecule has 0 aromatic heterocycles. The third-order valence-corrected chi connectivity index (χ3v) is 1.84. The summed E-state index contributed by atoms with van der Waals surface area (Å²) in [7, 11) is 0. The summed E-state index contributed by atoms with van der Waals surface area (Å²) >= 11 is 0. The average Bonchev–Trinajstić information content (AvgIpc) is 2.41. The maximum atomic E-state index is 2.19. The summed E-state index contributed by atoms with van der Waals surface area (Å²) in [6.07, 6.45) is 21.3. The first-order valence-electron chi connectivity index (χ1n) is 4.73. The Hall–Kier alpha value is -1.30. The molecule has 13 heavy (non-hydrogen) atoms. The summed E-state index contributed by atoms with van der Waals surface area (Å²) in [6.45, 7) is 2.03. The molecular weight excluding hydrogens is 156 g/mol. The molecule has 0 spiro atoms. The fourth-order valence-electron chi connectivity index (χ4n) is 1.15. The van der Waals surface area contributed by atoms with E-state index in [0.29, 0.717) is 0 Å². The van der Waals surface area contributed by atoms with Crippen LogP contribution in [0.1, 0.15) is 19.8 Å². The zero-order chi connectivity index (χ0) is 9.36. The van der Waals surface area contributed by atoms with Crippen LogP contribution in [0.2, 0.25) is 0 Å². The molecule has 0 radical (unpaired) electrons. The minimum Gasteiger partial charge on any atom is -0.0877 e. The lowest BCUT2D eigenvalue weighted by molar-refractivity contribution is 1.28. The predicted molar refractivity (Wildman–Crippen MR) is 59.6 cm³/mol. The van der Waals surface area contributed by atoms with Crippen LogP contribution < -0.4 is 0 Å². The smallest absolute Gasteiger partial charge is 0.00944 e. The lowest BCUT2D eigenvalue weighted by Gasteiger charge is -1.92. The van der Waals surface area contributed by atoms with Gasteiger partial charge in [-0.1, -0.05) is 54.7 Å². The Balaban J connectivity index is 2.44. The summed E-state index contributed by atoms with van der Waals surface area (Å²) in [5, 5.41) is 0. The molecule has 0 heterocycles. The van der Waals surface area contributed by atoms with Gasteiger partial charge in [-0.3, -0.25) is 0 Å². The van der Waals surface area contributed by atoms with Crippen molar-refractivity contribution in [3.8, 4) is 0 Å². The van der Waals surface area contributed by atoms with E-state index in [1.54, 1.807) is 0 Å². The first-order valence-corrected chi connectivity index (χ1v) is 4.73. The first-order chi connectivity index (χ1) is 6.43. The highest BCUT2D eigenvalue weighted by Gasteiger charge is 1.88. The van der Waals surface area contributed by atoms with E-state index in [1.165, 1.54) is 5.57 Å². The normalized spacial score (nSPS) is 16.8. The molecule has 0 unspecified atom stereocenters. The molecule has 0 saturated carbocycles. The van der Waals surface area contributed by atoms with E-state index in [9.17, 15) is 0 Å². The summed E-state index contributed by atoms with van der Waals surface area (Å²) in [5.41, 5.74) is 1.37. The second-order valence-electron chi connectivity index (χ2n) is 2.97. The van der Waals surface area contributed by atoms with Gasteiger partial charge in [0.15, 0.2) is 0 Å². The molecule has 0 N–H and O–H groups in total. The van der Waals surface area contributed by atoms with Crippen molar-refractivity contribution >= 4 is 0 Å². The van der Waals surface area contributed by atoms with Gasteiger partial charge in [0, 0.05) is 0 Å². The average molecular weight is 172 g/mol. The molecular formula is C13H16. The second-order valence-corrected chi connectivity index (χ2v) is 2.97. The van der Waals surface area contributed by atoms with Crippen molar-refractivity contribution in [3.05, 3.63) is 60.3 Å². The Morgan fingerprint density at radius 3 is 3.08 bits per heavy atom. The number of rotatable bonds is 3. The molecule has 0 amide bonds. The number of hydrogen-bond donors (Lipinski definition) is 0. The van der Waals surface area contributed by atoms with Crippen LogP contribution in [0.5, 0.6) is 0 Å². The summed E-state index contributed by atoms with van der Waals surface area (Å²) in [5.74, 6) is 0. The van der Waals surface area contributed by atoms with Crippen molar-refractivity contribution in [2.75, 3.05) is 0 Å². The van der Waals surface area contributed by atoms with Gasteiger partial charge < -0.3 is 0 Å². The van der Waals surface area contributed by atoms with Crippen molar-refractivity contribution in [3.63, 3.8) is 0 Å². The molecule has 0 fully saturated rings. The van der Waals surface area contributed by atoms with Crippen molar-refractivity contribution in [1.29, 1.82) is 0 Å². The largest absolute Gasteiger partial charge is 0.0877 e. The second kappa shape index (κ2) is 6.24. The third-order valence-electron chi connectivity index (χ3n) is 1.84. The molecule has 0 aromatic carbocycles. The van der Waals surface area contributed by atoms with Gasteiger partial charge in [0.25, 0.3) is 0 Å². The highest BCUT2D eigenvalue weighted by Crippen LogP contribution is 2.09. The van der Waals surface area contributed by atoms with Gasteiger partial charge >= 0.3 is 0 Å². The topological polar surface area (TPSA) is 0 Å². The van der Waals surface area contributed by atoms with E-state index in [0.717, 1.165) is 12.8 Å². The summed E-state index contributed by atoms with van der Waals surface area (Å²) < 4.78 is 0. The summed E-state index contributed by atoms with van der Waals surface area (Å²) in [4.78, 5) is 0. The van der Waals surface area contributed by atoms with Gasteiger partial charge in [0.2, 0.25) is 0 Å². The van der Waals surface area contributed by atoms with Gasteiger partial charge in [-0.15, -0.1) is 0 Å². The van der Waals surface area contributed by atoms with Gasteiger partial charge in [0.05, 0.1) is 0 Å². The van der Waals surface area contributed by atoms with Crippen LogP contribution in [-0.4, -0.2) is 0 Å². The maximum absolute atomic E-state index is 2.19. The fourth-order valence-corrected chi connectivity index (χ4v) is 1.15. The molecule has 0 nitrogen and oxygen atoms in total. The highest BCUT2D eigenvalue weighted by atomic mass is 13.9. The van der Waals surface area contributed by atoms with Crippen LogP contribution in [0, 0.1) is 0 Å². The first kappa shape index (κ1) is 9.79. The van der Waals surface area contributed by atoms with Gasteiger partial charge in [-0.25, -0.2) is 0 Å². The quantitative estimate of drug-likeness (QED) is 0.565. The van der Waals surface area contributed by atoms with Gasteiger partial charge in [-0.05, 0) is 25.3 Å². The molecule has 0 saturated heterocycles. The number of hydrogen-bond acceptors (Lipinski definition) is 0. The molecule has 0 aromatic rings. The molecule has 0 bridgehead atoms. The Kier molecular flexibility index (Phi) is 4.70. The monoisotopic (exact) mass is 172 g/mol. The van der Waals surface area contributed by atoms with E-state index in [4.69, 9.17) is 0 Å². The highest BCUT2D eigenvalue weighted by molar-refractivity contribution is 5.29. The van der Waals surface area contributed by atoms with E-state index in [1.807, 2.05) is 13.0 Å². The fraction of sp³-hybridized carbons (Fsp3) is 0.231. The molecule has 0 heteroatoms. The van der Waals surface area contributed by atoms with Crippen LogP contribution in [0.15, 0.2) is 60.3 Å². The molecule has 0 aliphatic heterocycles. The SMILES string of the molecule is C/C=C\C=C/CC1=CC=CCC=C1. The van der Waals surface area contributed by atoms with Crippen LogP contribution in [0.3, 0.4) is 0 Å². The van der Waals surface area contributed by atoms with E-state index in [2.05, 4.69) is 48.6 Å². The van der Waals surface area contributed by atoms with E-state index >= 15 is 0 Å². The molecule has 68 valence electrons. The van der Waals surface area contributed by atoms with Crippen molar-refractivity contribution in [2.24, 2.45) is 0 Å². The zero-order valence-electron chi connectivity index (χ0n) is 8.11. The third kappa shape index (κ3) is 4.32. The van der Waals surface area contributed by atoms with E-state index < -0.39 is 0 Å². The zero-order valence-corrected chi connectivity index (χ0v) is 8.11. The van der Waals surface area contributed by atoms with Gasteiger partial charge in [0.1, 0.15) is 0 Å². The minimum absolute atomic E-state index is 1.02. The Labute approximate surface area is 80.7 Å². The van der Waals surface area contributed by atoms with E-state index in [-0.39, 0.29) is 0 Å². The van der Waals surface area contributed by atoms with Crippen molar-refractivity contribution < 1.29 is 0 Å². The maximum Gasteiger partial charge on any atom is -0.00944 e.